The lowest BCUT2D eigenvalue weighted by atomic mass is 9.88. The van der Waals surface area contributed by atoms with Gasteiger partial charge in [-0.25, -0.2) is 4.39 Å². The average molecular weight is 582 g/mol. The second kappa shape index (κ2) is 19.1. The monoisotopic (exact) mass is 581 g/mol. The molecule has 1 heterocycles. The van der Waals surface area contributed by atoms with Crippen LogP contribution in [0.5, 0.6) is 5.75 Å². The van der Waals surface area contributed by atoms with E-state index in [-0.39, 0.29) is 18.6 Å². The number of likely N-dealkylation sites (tertiary alicyclic amines) is 1. The Morgan fingerprint density at radius 3 is 2.60 bits per heavy atom. The molecular formula is C35H52FN3O3. The Bertz CT molecular complexity index is 1120. The topological polar surface area (TPSA) is 65.0 Å². The van der Waals surface area contributed by atoms with E-state index in [0.717, 1.165) is 67.9 Å². The van der Waals surface area contributed by atoms with Crippen molar-refractivity contribution in [2.45, 2.75) is 59.4 Å². The van der Waals surface area contributed by atoms with E-state index in [0.29, 0.717) is 30.3 Å². The summed E-state index contributed by atoms with van der Waals surface area (Å²) in [5.41, 5.74) is 3.90. The number of aliphatic hydroxyl groups excluding tert-OH is 1. The highest BCUT2D eigenvalue weighted by Gasteiger charge is 2.29. The standard InChI is InChI=1S/C35H52FN3O3/c1-7-27(3)24-30(15-19-36)11-14-35(41)38(5)21-18-31(8-2)34(26-40)39-22-16-29(17-23-39)10-9-20-37-33-13-12-32(42-6)25-28(33)4/h7,9-15,19,24-25,29,31,34,37,40H,8,16-18,20-23,26H2,1-6H3/b10-9+,14-11+,19-15+,27-7-,30-24-. The van der Waals surface area contributed by atoms with Gasteiger partial charge in [-0.1, -0.05) is 43.2 Å². The Morgan fingerprint density at radius 1 is 1.26 bits per heavy atom. The third-order valence-corrected chi connectivity index (χ3v) is 8.29. The van der Waals surface area contributed by atoms with E-state index in [9.17, 15) is 14.3 Å². The number of allylic oxidation sites excluding steroid dienone is 7. The third-order valence-electron chi connectivity index (χ3n) is 8.29. The molecule has 7 heteroatoms. The Kier molecular flexibility index (Phi) is 15.9. The number of rotatable bonds is 16. The van der Waals surface area contributed by atoms with Crippen LogP contribution >= 0.6 is 0 Å². The van der Waals surface area contributed by atoms with E-state index in [2.05, 4.69) is 42.3 Å². The average Bonchev–Trinajstić information content (AvgIpc) is 3.00. The molecule has 2 unspecified atom stereocenters. The highest BCUT2D eigenvalue weighted by Crippen LogP contribution is 2.26. The van der Waals surface area contributed by atoms with Gasteiger partial charge >= 0.3 is 0 Å². The molecule has 6 nitrogen and oxygen atoms in total. The summed E-state index contributed by atoms with van der Waals surface area (Å²) in [4.78, 5) is 16.9. The van der Waals surface area contributed by atoms with Crippen molar-refractivity contribution >= 4 is 11.6 Å². The summed E-state index contributed by atoms with van der Waals surface area (Å²) in [5, 5.41) is 13.8. The van der Waals surface area contributed by atoms with Gasteiger partial charge in [0.2, 0.25) is 5.91 Å². The number of hydrogen-bond donors (Lipinski definition) is 2. The molecule has 232 valence electrons. The maximum Gasteiger partial charge on any atom is 0.246 e. The van der Waals surface area contributed by atoms with Crippen molar-refractivity contribution in [2.75, 3.05) is 52.3 Å². The number of benzene rings is 1. The summed E-state index contributed by atoms with van der Waals surface area (Å²) in [6.07, 6.45) is 17.2. The minimum absolute atomic E-state index is 0.0896. The largest absolute Gasteiger partial charge is 0.497 e. The number of amides is 1. The van der Waals surface area contributed by atoms with Crippen LogP contribution in [0.15, 0.2) is 78.2 Å². The van der Waals surface area contributed by atoms with Gasteiger partial charge in [0.25, 0.3) is 0 Å². The third kappa shape index (κ3) is 11.6. The highest BCUT2D eigenvalue weighted by atomic mass is 19.1. The molecule has 1 aromatic rings. The van der Waals surface area contributed by atoms with Crippen molar-refractivity contribution in [3.63, 3.8) is 0 Å². The molecule has 0 radical (unpaired) electrons. The van der Waals surface area contributed by atoms with E-state index >= 15 is 0 Å². The Hall–Kier alpha value is -3.16. The number of piperidine rings is 1. The zero-order valence-corrected chi connectivity index (χ0v) is 26.5. The number of aliphatic hydroxyl groups is 1. The first kappa shape index (κ1) is 35.0. The second-order valence-electron chi connectivity index (χ2n) is 11.1. The number of likely N-dealkylation sites (N-methyl/N-ethyl adjacent to an activating group) is 1. The number of ether oxygens (including phenoxy) is 1. The Morgan fingerprint density at radius 2 is 2.00 bits per heavy atom. The fourth-order valence-electron chi connectivity index (χ4n) is 5.40. The van der Waals surface area contributed by atoms with Crippen LogP contribution < -0.4 is 10.1 Å². The highest BCUT2D eigenvalue weighted by molar-refractivity contribution is 5.88. The van der Waals surface area contributed by atoms with Gasteiger partial charge in [-0.05, 0) is 106 Å². The van der Waals surface area contributed by atoms with Crippen LogP contribution in [0.2, 0.25) is 0 Å². The molecule has 42 heavy (non-hydrogen) atoms. The van der Waals surface area contributed by atoms with Crippen molar-refractivity contribution in [1.82, 2.24) is 9.80 Å². The van der Waals surface area contributed by atoms with Gasteiger partial charge in [-0.3, -0.25) is 9.69 Å². The summed E-state index contributed by atoms with van der Waals surface area (Å²) in [6.45, 7) is 11.5. The summed E-state index contributed by atoms with van der Waals surface area (Å²) in [6, 6.07) is 6.15. The van der Waals surface area contributed by atoms with Gasteiger partial charge in [0.1, 0.15) is 5.75 Å². The quantitative estimate of drug-likeness (QED) is 0.127. The molecule has 2 rings (SSSR count). The zero-order chi connectivity index (χ0) is 30.9. The van der Waals surface area contributed by atoms with Crippen LogP contribution in [-0.2, 0) is 4.79 Å². The number of anilines is 1. The number of methoxy groups -OCH3 is 1. The first-order valence-electron chi connectivity index (χ1n) is 15.2. The lowest BCUT2D eigenvalue weighted by molar-refractivity contribution is -0.125. The van der Waals surface area contributed by atoms with Gasteiger partial charge in [-0.15, -0.1) is 0 Å². The fraction of sp³-hybridized carbons (Fsp3) is 0.514. The summed E-state index contributed by atoms with van der Waals surface area (Å²) >= 11 is 0. The van der Waals surface area contributed by atoms with Gasteiger partial charge in [0, 0.05) is 37.9 Å². The minimum atomic E-state index is -0.120. The molecule has 1 amide bonds. The number of nitrogens with zero attached hydrogens (tertiary/aromatic N) is 2. The fourth-order valence-corrected chi connectivity index (χ4v) is 5.40. The molecule has 1 aliphatic rings. The van der Waals surface area contributed by atoms with Crippen LogP contribution in [0, 0.1) is 18.8 Å². The molecular weight excluding hydrogens is 529 g/mol. The molecule has 1 aromatic carbocycles. The number of hydrogen-bond acceptors (Lipinski definition) is 5. The SMILES string of the molecule is C\C=C(C)/C=C(\C=C\F)/C=C/C(=O)N(C)CCC(CC)C(CO)N1CCC(/C=C/CNc2ccc(OC)cc2C)CC1. The predicted octanol–water partition coefficient (Wildman–Crippen LogP) is 6.85. The molecule has 1 saturated heterocycles. The first-order chi connectivity index (χ1) is 20.3. The normalized spacial score (nSPS) is 17.3. The van der Waals surface area contributed by atoms with Crippen LogP contribution in [0.1, 0.15) is 52.0 Å². The molecule has 0 saturated carbocycles. The molecule has 0 bridgehead atoms. The smallest absolute Gasteiger partial charge is 0.246 e. The van der Waals surface area contributed by atoms with E-state index in [1.54, 1.807) is 25.1 Å². The van der Waals surface area contributed by atoms with Gasteiger partial charge in [0.15, 0.2) is 0 Å². The van der Waals surface area contributed by atoms with Crippen molar-refractivity contribution in [2.24, 2.45) is 11.8 Å². The van der Waals surface area contributed by atoms with Crippen molar-refractivity contribution in [3.8, 4) is 5.75 Å². The number of carbonyl (C=O) groups is 1. The van der Waals surface area contributed by atoms with Crippen molar-refractivity contribution in [1.29, 1.82) is 0 Å². The lowest BCUT2D eigenvalue weighted by Crippen LogP contribution is -2.47. The number of nitrogens with one attached hydrogen (secondary N) is 1. The summed E-state index contributed by atoms with van der Waals surface area (Å²) in [7, 11) is 3.47. The molecule has 0 aliphatic carbocycles. The molecule has 0 spiro atoms. The number of aryl methyl sites for hydroxylation is 1. The maximum absolute atomic E-state index is 12.8. The molecule has 1 fully saturated rings. The van der Waals surface area contributed by atoms with E-state index in [1.165, 1.54) is 12.2 Å². The molecule has 1 aliphatic heterocycles. The van der Waals surface area contributed by atoms with E-state index in [4.69, 9.17) is 4.74 Å². The van der Waals surface area contributed by atoms with Crippen LogP contribution in [0.4, 0.5) is 10.1 Å². The van der Waals surface area contributed by atoms with Crippen LogP contribution in [0.25, 0.3) is 0 Å². The Balaban J connectivity index is 1.84. The van der Waals surface area contributed by atoms with Crippen LogP contribution in [0.3, 0.4) is 0 Å². The first-order valence-corrected chi connectivity index (χ1v) is 15.2. The van der Waals surface area contributed by atoms with Gasteiger partial charge in [0.05, 0.1) is 20.0 Å². The second-order valence-corrected chi connectivity index (χ2v) is 11.1. The van der Waals surface area contributed by atoms with Crippen molar-refractivity contribution < 1.29 is 19.0 Å². The van der Waals surface area contributed by atoms with Gasteiger partial charge in [-0.2, -0.15) is 0 Å². The van der Waals surface area contributed by atoms with E-state index in [1.807, 2.05) is 38.1 Å². The number of halogens is 1. The van der Waals surface area contributed by atoms with E-state index < -0.39 is 0 Å². The summed E-state index contributed by atoms with van der Waals surface area (Å²) in [5.74, 6) is 1.58. The molecule has 2 N–H and O–H groups in total. The Labute approximate surface area is 253 Å². The van der Waals surface area contributed by atoms with Crippen molar-refractivity contribution in [3.05, 3.63) is 83.8 Å². The van der Waals surface area contributed by atoms with Gasteiger partial charge < -0.3 is 20.1 Å². The summed E-state index contributed by atoms with van der Waals surface area (Å²) < 4.78 is 18.1. The minimum Gasteiger partial charge on any atom is -0.497 e. The predicted molar refractivity (Wildman–Crippen MR) is 173 cm³/mol. The number of carbonyl (C=O) groups excluding carboxylic acids is 1. The maximum atomic E-state index is 12.8. The molecule has 0 aromatic heterocycles. The lowest BCUT2D eigenvalue weighted by Gasteiger charge is -2.40. The van der Waals surface area contributed by atoms with Crippen LogP contribution in [-0.4, -0.2) is 73.8 Å². The zero-order valence-electron chi connectivity index (χ0n) is 26.5. The molecule has 2 atom stereocenters.